The third-order valence-electron chi connectivity index (χ3n) is 4.31. The normalized spacial score (nSPS) is 13.1. The van der Waals surface area contributed by atoms with E-state index >= 15 is 0 Å². The van der Waals surface area contributed by atoms with E-state index in [9.17, 15) is 18.4 Å². The summed E-state index contributed by atoms with van der Waals surface area (Å²) >= 11 is 1.16. The molecule has 6 heteroatoms. The minimum atomic E-state index is -0.601. The van der Waals surface area contributed by atoms with Gasteiger partial charge >= 0.3 is 0 Å². The third-order valence-corrected chi connectivity index (χ3v) is 5.37. The fourth-order valence-electron chi connectivity index (χ4n) is 2.69. The van der Waals surface area contributed by atoms with Crippen molar-refractivity contribution in [3.63, 3.8) is 0 Å². The molecule has 3 nitrogen and oxygen atoms in total. The first-order valence-corrected chi connectivity index (χ1v) is 9.93. The maximum absolute atomic E-state index is 13.6. The lowest BCUT2D eigenvalue weighted by Gasteiger charge is -2.13. The second-order valence-corrected chi connectivity index (χ2v) is 8.85. The van der Waals surface area contributed by atoms with Gasteiger partial charge in [-0.3, -0.25) is 14.2 Å². The summed E-state index contributed by atoms with van der Waals surface area (Å²) in [5.74, 6) is -0.914. The average molecular weight is 413 g/mol. The number of rotatable bonds is 4. The lowest BCUT2D eigenvalue weighted by molar-refractivity contribution is -0.120. The van der Waals surface area contributed by atoms with Crippen LogP contribution in [0.5, 0.6) is 0 Å². The zero-order valence-corrected chi connectivity index (χ0v) is 17.2. The minimum Gasteiger partial charge on any atom is -0.294 e. The standard InChI is InChI=1S/C23H21F2NO2S/c1-23(2,3)20(27)13-21-26(14-16-7-5-9-18(25)11-16)22(28)19(29-21)12-15-6-4-8-17(24)10-15/h4-13H,14H2,1-3H3/b19-12+,21-13+. The predicted octanol–water partition coefficient (Wildman–Crippen LogP) is 3.46. The highest BCUT2D eigenvalue weighted by atomic mass is 32.1. The van der Waals surface area contributed by atoms with Crippen molar-refractivity contribution < 1.29 is 13.6 Å². The molecule has 3 aromatic rings. The molecule has 0 unspecified atom stereocenters. The predicted molar refractivity (Wildman–Crippen MR) is 112 cm³/mol. The lowest BCUT2D eigenvalue weighted by Crippen LogP contribution is -2.32. The molecular weight excluding hydrogens is 392 g/mol. The maximum atomic E-state index is 13.6. The van der Waals surface area contributed by atoms with Crippen molar-refractivity contribution in [3.8, 4) is 0 Å². The quantitative estimate of drug-likeness (QED) is 0.657. The van der Waals surface area contributed by atoms with E-state index in [0.717, 1.165) is 11.3 Å². The summed E-state index contributed by atoms with van der Waals surface area (Å²) in [5.41, 5.74) is 0.252. The van der Waals surface area contributed by atoms with Crippen LogP contribution < -0.4 is 14.8 Å². The Morgan fingerprint density at radius 1 is 1.07 bits per heavy atom. The van der Waals surface area contributed by atoms with Crippen LogP contribution in [0.4, 0.5) is 8.78 Å². The van der Waals surface area contributed by atoms with Crippen molar-refractivity contribution >= 4 is 29.3 Å². The van der Waals surface area contributed by atoms with Gasteiger partial charge in [-0.2, -0.15) is 0 Å². The van der Waals surface area contributed by atoms with Crippen molar-refractivity contribution in [1.82, 2.24) is 4.57 Å². The number of nitrogens with zero attached hydrogens (tertiary/aromatic N) is 1. The monoisotopic (exact) mass is 413 g/mol. The number of hydrogen-bond donors (Lipinski definition) is 0. The molecule has 0 N–H and O–H groups in total. The van der Waals surface area contributed by atoms with Crippen molar-refractivity contribution in [1.29, 1.82) is 0 Å². The van der Waals surface area contributed by atoms with Gasteiger partial charge in [0.25, 0.3) is 5.56 Å². The van der Waals surface area contributed by atoms with Gasteiger partial charge in [-0.25, -0.2) is 8.78 Å². The molecule has 150 valence electrons. The van der Waals surface area contributed by atoms with Crippen LogP contribution >= 0.6 is 11.3 Å². The van der Waals surface area contributed by atoms with E-state index in [4.69, 9.17) is 0 Å². The van der Waals surface area contributed by atoms with Crippen LogP contribution in [-0.2, 0) is 11.3 Å². The Morgan fingerprint density at radius 2 is 1.72 bits per heavy atom. The fraction of sp³-hybridized carbons (Fsp3) is 0.217. The molecule has 29 heavy (non-hydrogen) atoms. The van der Waals surface area contributed by atoms with Gasteiger partial charge in [0.2, 0.25) is 0 Å². The molecule has 0 fully saturated rings. The number of halogens is 2. The van der Waals surface area contributed by atoms with Crippen molar-refractivity contribution in [3.05, 3.63) is 90.8 Å². The molecule has 0 spiro atoms. The van der Waals surface area contributed by atoms with E-state index in [-0.39, 0.29) is 17.9 Å². The Morgan fingerprint density at radius 3 is 2.34 bits per heavy atom. The van der Waals surface area contributed by atoms with Gasteiger partial charge < -0.3 is 0 Å². The maximum Gasteiger partial charge on any atom is 0.269 e. The number of Topliss-reactive ketones (excluding diaryl/α,β-unsaturated/α-hetero) is 1. The molecule has 0 aliphatic heterocycles. The fourth-order valence-corrected chi connectivity index (χ4v) is 3.73. The molecule has 0 bridgehead atoms. The Balaban J connectivity index is 2.19. The zero-order chi connectivity index (χ0) is 21.2. The van der Waals surface area contributed by atoms with E-state index < -0.39 is 17.0 Å². The number of carbonyl (C=O) groups is 1. The first-order valence-electron chi connectivity index (χ1n) is 9.11. The Labute approximate surface area is 171 Å². The molecule has 0 saturated carbocycles. The van der Waals surface area contributed by atoms with Crippen LogP contribution in [0, 0.1) is 17.0 Å². The van der Waals surface area contributed by atoms with Gasteiger partial charge in [0, 0.05) is 11.5 Å². The van der Waals surface area contributed by atoms with E-state index in [1.165, 1.54) is 34.9 Å². The summed E-state index contributed by atoms with van der Waals surface area (Å²) < 4.78 is 29.4. The highest BCUT2D eigenvalue weighted by Gasteiger charge is 2.19. The summed E-state index contributed by atoms with van der Waals surface area (Å²) in [7, 11) is 0. The van der Waals surface area contributed by atoms with Crippen LogP contribution in [0.25, 0.3) is 12.2 Å². The Kier molecular flexibility index (Phi) is 5.94. The Hall–Kier alpha value is -2.86. The first-order chi connectivity index (χ1) is 13.6. The van der Waals surface area contributed by atoms with Crippen molar-refractivity contribution in [2.75, 3.05) is 0 Å². The van der Waals surface area contributed by atoms with Crippen molar-refractivity contribution in [2.24, 2.45) is 5.41 Å². The molecule has 1 heterocycles. The number of hydrogen-bond acceptors (Lipinski definition) is 3. The van der Waals surface area contributed by atoms with Crippen LogP contribution in [0.1, 0.15) is 31.9 Å². The molecule has 0 amide bonds. The topological polar surface area (TPSA) is 39.1 Å². The lowest BCUT2D eigenvalue weighted by atomic mass is 9.91. The average Bonchev–Trinajstić information content (AvgIpc) is 2.90. The minimum absolute atomic E-state index is 0.121. The molecule has 0 aliphatic carbocycles. The molecule has 2 aromatic carbocycles. The molecule has 3 rings (SSSR count). The molecular formula is C23H21F2NO2S. The van der Waals surface area contributed by atoms with Crippen LogP contribution in [0.3, 0.4) is 0 Å². The highest BCUT2D eigenvalue weighted by molar-refractivity contribution is 7.07. The van der Waals surface area contributed by atoms with E-state index in [1.54, 1.807) is 51.1 Å². The highest BCUT2D eigenvalue weighted by Crippen LogP contribution is 2.15. The van der Waals surface area contributed by atoms with Crippen LogP contribution in [0.2, 0.25) is 0 Å². The first kappa shape index (κ1) is 20.9. The SMILES string of the molecule is CC(C)(C)C(=O)/C=c1/s/c(=C/c2cccc(F)c2)c(=O)n1Cc1cccc(F)c1. The summed E-state index contributed by atoms with van der Waals surface area (Å²) in [4.78, 5) is 25.6. The van der Waals surface area contributed by atoms with E-state index in [1.807, 2.05) is 0 Å². The second-order valence-electron chi connectivity index (χ2n) is 7.78. The number of aromatic nitrogens is 1. The number of ketones is 1. The number of thiazole rings is 1. The number of carbonyl (C=O) groups excluding carboxylic acids is 1. The molecule has 1 aromatic heterocycles. The molecule has 0 saturated heterocycles. The molecule has 0 radical (unpaired) electrons. The van der Waals surface area contributed by atoms with Crippen molar-refractivity contribution in [2.45, 2.75) is 27.3 Å². The van der Waals surface area contributed by atoms with E-state index in [2.05, 4.69) is 0 Å². The van der Waals surface area contributed by atoms with Gasteiger partial charge in [0.1, 0.15) is 16.3 Å². The largest absolute Gasteiger partial charge is 0.294 e. The van der Waals surface area contributed by atoms with Gasteiger partial charge in [-0.05, 0) is 41.5 Å². The number of benzene rings is 2. The van der Waals surface area contributed by atoms with E-state index in [0.29, 0.717) is 20.3 Å². The van der Waals surface area contributed by atoms with Gasteiger partial charge in [-0.1, -0.05) is 45.0 Å². The third kappa shape index (κ3) is 5.15. The molecule has 0 atom stereocenters. The van der Waals surface area contributed by atoms with Gasteiger partial charge in [-0.15, -0.1) is 11.3 Å². The molecule has 0 aliphatic rings. The van der Waals surface area contributed by atoms with Crippen LogP contribution in [-0.4, -0.2) is 10.4 Å². The second kappa shape index (κ2) is 8.25. The summed E-state index contributed by atoms with van der Waals surface area (Å²) in [6.07, 6.45) is 3.05. The van der Waals surface area contributed by atoms with Gasteiger partial charge in [0.05, 0.1) is 11.1 Å². The van der Waals surface area contributed by atoms with Crippen LogP contribution in [0.15, 0.2) is 53.3 Å². The summed E-state index contributed by atoms with van der Waals surface area (Å²) in [6, 6.07) is 11.9. The zero-order valence-electron chi connectivity index (χ0n) is 16.4. The summed E-state index contributed by atoms with van der Waals surface area (Å²) in [6.45, 7) is 5.53. The summed E-state index contributed by atoms with van der Waals surface area (Å²) in [5, 5.41) is 0. The Bertz CT molecular complexity index is 1230. The smallest absolute Gasteiger partial charge is 0.269 e. The van der Waals surface area contributed by atoms with Gasteiger partial charge in [0.15, 0.2) is 5.78 Å².